The van der Waals surface area contributed by atoms with Crippen molar-refractivity contribution in [3.05, 3.63) is 0 Å². The van der Waals surface area contributed by atoms with Gasteiger partial charge in [0.1, 0.15) is 0 Å². The zero-order chi connectivity index (χ0) is 12.1. The molecule has 16 heavy (non-hydrogen) atoms. The van der Waals surface area contributed by atoms with Crippen molar-refractivity contribution >= 4 is 5.97 Å². The van der Waals surface area contributed by atoms with Gasteiger partial charge in [-0.15, -0.1) is 0 Å². The van der Waals surface area contributed by atoms with E-state index in [9.17, 15) is 4.79 Å². The van der Waals surface area contributed by atoms with E-state index in [4.69, 9.17) is 5.11 Å². The van der Waals surface area contributed by atoms with Crippen molar-refractivity contribution in [3.8, 4) is 0 Å². The summed E-state index contributed by atoms with van der Waals surface area (Å²) in [7, 11) is 1.94. The molecular weight excluding hydrogens is 202 g/mol. The van der Waals surface area contributed by atoms with Crippen LogP contribution in [-0.4, -0.2) is 35.6 Å². The maximum absolute atomic E-state index is 10.7. The maximum atomic E-state index is 10.7. The molecule has 1 rings (SSSR count). The lowest BCUT2D eigenvalue weighted by atomic mass is 9.89. The van der Waals surface area contributed by atoms with Crippen molar-refractivity contribution in [2.45, 2.75) is 52.0 Å². The van der Waals surface area contributed by atoms with E-state index in [1.165, 1.54) is 19.3 Å². The van der Waals surface area contributed by atoms with Crippen molar-refractivity contribution in [3.63, 3.8) is 0 Å². The summed E-state index contributed by atoms with van der Waals surface area (Å²) in [5.74, 6) is 0.888. The summed E-state index contributed by atoms with van der Waals surface area (Å²) in [4.78, 5) is 12.7. The number of aliphatic carboxylic acids is 1. The zero-order valence-corrected chi connectivity index (χ0v) is 10.8. The second kappa shape index (κ2) is 6.24. The van der Waals surface area contributed by atoms with Crippen molar-refractivity contribution in [2.75, 3.05) is 13.6 Å². The average Bonchev–Trinajstić information content (AvgIpc) is 2.41. The number of carboxylic acids is 1. The first-order chi connectivity index (χ1) is 7.50. The Balaban J connectivity index is 2.43. The fourth-order valence-corrected chi connectivity index (χ4v) is 2.76. The Morgan fingerprint density at radius 1 is 1.31 bits per heavy atom. The van der Waals surface area contributed by atoms with E-state index in [-0.39, 0.29) is 6.54 Å². The monoisotopic (exact) mass is 227 g/mol. The van der Waals surface area contributed by atoms with Crippen LogP contribution in [0.4, 0.5) is 0 Å². The molecule has 0 amide bonds. The zero-order valence-electron chi connectivity index (χ0n) is 10.8. The Morgan fingerprint density at radius 3 is 2.56 bits per heavy atom. The number of hydrogen-bond donors (Lipinski definition) is 1. The fourth-order valence-electron chi connectivity index (χ4n) is 2.76. The van der Waals surface area contributed by atoms with Gasteiger partial charge in [-0.1, -0.05) is 26.7 Å². The van der Waals surface area contributed by atoms with Crippen LogP contribution < -0.4 is 0 Å². The number of likely N-dealkylation sites (N-methyl/N-ethyl adjacent to an activating group) is 1. The van der Waals surface area contributed by atoms with Crippen molar-refractivity contribution in [1.29, 1.82) is 0 Å². The second-order valence-corrected chi connectivity index (χ2v) is 5.48. The topological polar surface area (TPSA) is 40.5 Å². The third kappa shape index (κ3) is 4.12. The summed E-state index contributed by atoms with van der Waals surface area (Å²) in [6.07, 6.45) is 6.14. The van der Waals surface area contributed by atoms with Crippen LogP contribution in [0.15, 0.2) is 0 Å². The van der Waals surface area contributed by atoms with Gasteiger partial charge in [0.2, 0.25) is 0 Å². The summed E-state index contributed by atoms with van der Waals surface area (Å²) in [5, 5.41) is 8.78. The molecule has 0 radical (unpaired) electrons. The molecule has 1 aliphatic rings. The number of hydrogen-bond acceptors (Lipinski definition) is 2. The van der Waals surface area contributed by atoms with E-state index in [2.05, 4.69) is 13.8 Å². The third-order valence-electron chi connectivity index (χ3n) is 3.93. The van der Waals surface area contributed by atoms with Gasteiger partial charge in [0, 0.05) is 6.04 Å². The summed E-state index contributed by atoms with van der Waals surface area (Å²) >= 11 is 0. The molecule has 0 bridgehead atoms. The van der Waals surface area contributed by atoms with Gasteiger partial charge in [0.05, 0.1) is 6.54 Å². The SMILES string of the molecule is CC(C)C1CCCC(N(C)CC(=O)O)CC1. The lowest BCUT2D eigenvalue weighted by Crippen LogP contribution is -2.35. The predicted octanol–water partition coefficient (Wildman–Crippen LogP) is 2.61. The molecule has 3 nitrogen and oxygen atoms in total. The minimum absolute atomic E-state index is 0.178. The molecule has 0 spiro atoms. The molecule has 0 aromatic carbocycles. The Hall–Kier alpha value is -0.570. The highest BCUT2D eigenvalue weighted by Gasteiger charge is 2.24. The van der Waals surface area contributed by atoms with Gasteiger partial charge in [-0.25, -0.2) is 0 Å². The Labute approximate surface area is 98.8 Å². The van der Waals surface area contributed by atoms with Crippen LogP contribution in [0.3, 0.4) is 0 Å². The van der Waals surface area contributed by atoms with Gasteiger partial charge in [-0.05, 0) is 38.1 Å². The van der Waals surface area contributed by atoms with E-state index in [1.807, 2.05) is 11.9 Å². The third-order valence-corrected chi connectivity index (χ3v) is 3.93. The van der Waals surface area contributed by atoms with E-state index in [1.54, 1.807) is 0 Å². The number of nitrogens with zero attached hydrogens (tertiary/aromatic N) is 1. The molecule has 1 aliphatic carbocycles. The van der Waals surface area contributed by atoms with Gasteiger partial charge in [0.15, 0.2) is 0 Å². The maximum Gasteiger partial charge on any atom is 0.317 e. The Morgan fingerprint density at radius 2 is 2.00 bits per heavy atom. The minimum Gasteiger partial charge on any atom is -0.480 e. The van der Waals surface area contributed by atoms with Crippen LogP contribution in [0.1, 0.15) is 46.0 Å². The van der Waals surface area contributed by atoms with Gasteiger partial charge in [-0.2, -0.15) is 0 Å². The molecule has 2 atom stereocenters. The fraction of sp³-hybridized carbons (Fsp3) is 0.923. The van der Waals surface area contributed by atoms with Gasteiger partial charge in [0.25, 0.3) is 0 Å². The molecule has 0 aromatic heterocycles. The smallest absolute Gasteiger partial charge is 0.317 e. The average molecular weight is 227 g/mol. The molecule has 1 N–H and O–H groups in total. The van der Waals surface area contributed by atoms with Gasteiger partial charge < -0.3 is 5.11 Å². The van der Waals surface area contributed by atoms with Crippen LogP contribution >= 0.6 is 0 Å². The number of rotatable bonds is 4. The molecule has 1 fully saturated rings. The van der Waals surface area contributed by atoms with Crippen molar-refractivity contribution in [2.24, 2.45) is 11.8 Å². The summed E-state index contributed by atoms with van der Waals surface area (Å²) in [6.45, 7) is 4.77. The van der Waals surface area contributed by atoms with Crippen LogP contribution in [0.25, 0.3) is 0 Å². The molecule has 0 aliphatic heterocycles. The van der Waals surface area contributed by atoms with Crippen molar-refractivity contribution in [1.82, 2.24) is 4.90 Å². The molecule has 3 heteroatoms. The Bertz CT molecular complexity index is 228. The van der Waals surface area contributed by atoms with E-state index >= 15 is 0 Å². The highest BCUT2D eigenvalue weighted by Crippen LogP contribution is 2.30. The first kappa shape index (κ1) is 13.5. The quantitative estimate of drug-likeness (QED) is 0.750. The number of carboxylic acid groups (broad SMARTS) is 1. The van der Waals surface area contributed by atoms with Crippen LogP contribution in [0, 0.1) is 11.8 Å². The predicted molar refractivity (Wildman–Crippen MR) is 65.5 cm³/mol. The standard InChI is InChI=1S/C13H25NO2/c1-10(2)11-5-4-6-12(8-7-11)14(3)9-13(15)16/h10-12H,4-9H2,1-3H3,(H,15,16). The Kier molecular flexibility index (Phi) is 5.26. The molecule has 2 unspecified atom stereocenters. The summed E-state index contributed by atoms with van der Waals surface area (Å²) in [5.41, 5.74) is 0. The van der Waals surface area contributed by atoms with Crippen molar-refractivity contribution < 1.29 is 9.90 Å². The van der Waals surface area contributed by atoms with E-state index < -0.39 is 5.97 Å². The molecule has 1 saturated carbocycles. The minimum atomic E-state index is -0.716. The van der Waals surface area contributed by atoms with E-state index in [0.717, 1.165) is 24.7 Å². The number of carbonyl (C=O) groups is 1. The summed E-state index contributed by atoms with van der Waals surface area (Å²) < 4.78 is 0. The lowest BCUT2D eigenvalue weighted by Gasteiger charge is -2.25. The molecular formula is C13H25NO2. The second-order valence-electron chi connectivity index (χ2n) is 5.48. The first-order valence-electron chi connectivity index (χ1n) is 6.42. The normalized spacial score (nSPS) is 27.1. The molecule has 0 saturated heterocycles. The highest BCUT2D eigenvalue weighted by atomic mass is 16.4. The molecule has 0 aromatic rings. The molecule has 94 valence electrons. The lowest BCUT2D eigenvalue weighted by molar-refractivity contribution is -0.138. The van der Waals surface area contributed by atoms with E-state index in [0.29, 0.717) is 6.04 Å². The largest absolute Gasteiger partial charge is 0.480 e. The highest BCUT2D eigenvalue weighted by molar-refractivity contribution is 5.69. The first-order valence-corrected chi connectivity index (χ1v) is 6.42. The molecule has 0 heterocycles. The van der Waals surface area contributed by atoms with Crippen LogP contribution in [0.5, 0.6) is 0 Å². The van der Waals surface area contributed by atoms with Crippen LogP contribution in [0.2, 0.25) is 0 Å². The van der Waals surface area contributed by atoms with Gasteiger partial charge >= 0.3 is 5.97 Å². The van der Waals surface area contributed by atoms with Crippen LogP contribution in [-0.2, 0) is 4.79 Å². The summed E-state index contributed by atoms with van der Waals surface area (Å²) in [6, 6.07) is 0.472. The van der Waals surface area contributed by atoms with Gasteiger partial charge in [-0.3, -0.25) is 9.69 Å².